The van der Waals surface area contributed by atoms with E-state index in [1.54, 1.807) is 19.2 Å². The molecule has 0 aliphatic carbocycles. The highest BCUT2D eigenvalue weighted by atomic mass is 16.6. The van der Waals surface area contributed by atoms with Crippen molar-refractivity contribution in [3.8, 4) is 6.07 Å². The van der Waals surface area contributed by atoms with Crippen molar-refractivity contribution >= 4 is 29.2 Å². The average Bonchev–Trinajstić information content (AvgIpc) is 2.68. The van der Waals surface area contributed by atoms with Gasteiger partial charge >= 0.3 is 0 Å². The Morgan fingerprint density at radius 2 is 1.93 bits per heavy atom. The van der Waals surface area contributed by atoms with E-state index >= 15 is 0 Å². The van der Waals surface area contributed by atoms with Gasteiger partial charge in [0.05, 0.1) is 7.11 Å². The second-order valence-corrected chi connectivity index (χ2v) is 8.01. The van der Waals surface area contributed by atoms with E-state index in [9.17, 15) is 10.1 Å². The molecule has 0 bridgehead atoms. The van der Waals surface area contributed by atoms with Crippen LogP contribution in [0.25, 0.3) is 0 Å². The van der Waals surface area contributed by atoms with Crippen LogP contribution in [0.4, 0.5) is 23.3 Å². The Bertz CT molecular complexity index is 946. The number of hydroxylamine groups is 1. The number of aromatic nitrogens is 2. The minimum atomic E-state index is -0.371. The van der Waals surface area contributed by atoms with Gasteiger partial charge in [0.25, 0.3) is 5.91 Å². The molecule has 1 heterocycles. The van der Waals surface area contributed by atoms with Gasteiger partial charge in [-0.15, -0.1) is 0 Å². The van der Waals surface area contributed by atoms with Crippen molar-refractivity contribution in [3.63, 3.8) is 0 Å². The number of anilines is 4. The number of carbonyl (C=O) groups is 1. The molecular weight excluding hydrogens is 382 g/mol. The number of nitrogens with zero attached hydrogens (tertiary/aromatic N) is 3. The summed E-state index contributed by atoms with van der Waals surface area (Å²) in [5.74, 6) is 0.807. The van der Waals surface area contributed by atoms with Gasteiger partial charge in [-0.25, -0.2) is 5.48 Å². The van der Waals surface area contributed by atoms with Gasteiger partial charge in [0.1, 0.15) is 11.6 Å². The first-order valence-electron chi connectivity index (χ1n) is 9.63. The zero-order valence-electron chi connectivity index (χ0n) is 18.3. The number of carbonyl (C=O) groups excluding carboxylic acids is 1. The van der Waals surface area contributed by atoms with Gasteiger partial charge in [-0.05, 0) is 36.5 Å². The Morgan fingerprint density at radius 1 is 1.23 bits per heavy atom. The first-order valence-corrected chi connectivity index (χ1v) is 9.63. The molecule has 0 saturated heterocycles. The second kappa shape index (κ2) is 9.89. The Labute approximate surface area is 177 Å². The summed E-state index contributed by atoms with van der Waals surface area (Å²) < 4.78 is 0. The predicted molar refractivity (Wildman–Crippen MR) is 118 cm³/mol. The van der Waals surface area contributed by atoms with Crippen molar-refractivity contribution in [2.45, 2.75) is 34.1 Å². The van der Waals surface area contributed by atoms with E-state index in [4.69, 9.17) is 4.84 Å². The second-order valence-electron chi connectivity index (χ2n) is 8.01. The fourth-order valence-corrected chi connectivity index (χ4v) is 2.63. The van der Waals surface area contributed by atoms with E-state index in [0.29, 0.717) is 40.9 Å². The first-order chi connectivity index (χ1) is 14.2. The van der Waals surface area contributed by atoms with Crippen molar-refractivity contribution < 1.29 is 9.63 Å². The molecule has 2 aromatic rings. The molecule has 0 aliphatic heterocycles. The van der Waals surface area contributed by atoms with Gasteiger partial charge in [-0.2, -0.15) is 15.2 Å². The molecule has 1 aromatic carbocycles. The minimum absolute atomic E-state index is 0.153. The topological polar surface area (TPSA) is 124 Å². The molecule has 4 N–H and O–H groups in total. The lowest BCUT2D eigenvalue weighted by molar-refractivity contribution is 0.0537. The largest absolute Gasteiger partial charge is 0.369 e. The molecule has 0 unspecified atom stereocenters. The van der Waals surface area contributed by atoms with E-state index in [2.05, 4.69) is 58.2 Å². The van der Waals surface area contributed by atoms with Crippen LogP contribution in [0.2, 0.25) is 0 Å². The molecule has 9 nitrogen and oxygen atoms in total. The summed E-state index contributed by atoms with van der Waals surface area (Å²) in [5.41, 5.74) is 4.70. The lowest BCUT2D eigenvalue weighted by Gasteiger charge is -2.19. The maximum absolute atomic E-state index is 12.1. The van der Waals surface area contributed by atoms with Crippen LogP contribution in [-0.2, 0) is 4.84 Å². The van der Waals surface area contributed by atoms with Crippen LogP contribution in [0.3, 0.4) is 0 Å². The van der Waals surface area contributed by atoms with Gasteiger partial charge in [-0.1, -0.05) is 26.8 Å². The van der Waals surface area contributed by atoms with Crippen LogP contribution in [-0.4, -0.2) is 36.6 Å². The molecule has 30 heavy (non-hydrogen) atoms. The predicted octanol–water partition coefficient (Wildman–Crippen LogP) is 3.58. The van der Waals surface area contributed by atoms with E-state index in [1.807, 2.05) is 13.0 Å². The highest BCUT2D eigenvalue weighted by Crippen LogP contribution is 2.28. The standard InChI is InChI=1S/C21H29N7O2/c1-13-7-8-14(19(29)28-30-6)11-16(13)25-18-15(12-22)17(26-20(23-5)27-18)24-10-9-21(2,3)4/h7-8,11H,9-10H2,1-6H3,(H,28,29)(H3,23,24,25,26,27). The number of benzene rings is 1. The smallest absolute Gasteiger partial charge is 0.274 e. The number of nitriles is 1. The lowest BCUT2D eigenvalue weighted by atomic mass is 9.92. The summed E-state index contributed by atoms with van der Waals surface area (Å²) >= 11 is 0. The monoisotopic (exact) mass is 411 g/mol. The third-order valence-electron chi connectivity index (χ3n) is 4.36. The number of nitrogens with one attached hydrogen (secondary N) is 4. The highest BCUT2D eigenvalue weighted by Gasteiger charge is 2.17. The van der Waals surface area contributed by atoms with Crippen LogP contribution in [0.1, 0.15) is 48.7 Å². The molecule has 0 atom stereocenters. The zero-order valence-corrected chi connectivity index (χ0v) is 18.3. The van der Waals surface area contributed by atoms with Gasteiger partial charge in [-0.3, -0.25) is 9.63 Å². The van der Waals surface area contributed by atoms with Crippen molar-refractivity contribution in [1.82, 2.24) is 15.4 Å². The number of rotatable bonds is 8. The fraction of sp³-hybridized carbons (Fsp3) is 0.429. The summed E-state index contributed by atoms with van der Waals surface area (Å²) in [6.07, 6.45) is 0.912. The van der Waals surface area contributed by atoms with Crippen LogP contribution in [0, 0.1) is 23.7 Å². The normalized spacial score (nSPS) is 10.8. The zero-order chi connectivity index (χ0) is 22.3. The first kappa shape index (κ1) is 22.9. The van der Waals surface area contributed by atoms with Crippen molar-refractivity contribution in [3.05, 3.63) is 34.9 Å². The Morgan fingerprint density at radius 3 is 2.53 bits per heavy atom. The van der Waals surface area contributed by atoms with Crippen molar-refractivity contribution in [2.75, 3.05) is 36.7 Å². The van der Waals surface area contributed by atoms with Crippen molar-refractivity contribution in [1.29, 1.82) is 5.26 Å². The van der Waals surface area contributed by atoms with E-state index in [0.717, 1.165) is 12.0 Å². The Kier molecular flexibility index (Phi) is 7.55. The molecular formula is C21H29N7O2. The third kappa shape index (κ3) is 6.06. The summed E-state index contributed by atoms with van der Waals surface area (Å²) in [4.78, 5) is 25.6. The molecule has 0 aliphatic rings. The molecule has 0 spiro atoms. The molecule has 160 valence electrons. The minimum Gasteiger partial charge on any atom is -0.369 e. The van der Waals surface area contributed by atoms with Gasteiger partial charge in [0.2, 0.25) is 5.95 Å². The SMILES string of the molecule is CNc1nc(NCCC(C)(C)C)c(C#N)c(Nc2cc(C(=O)NOC)ccc2C)n1. The van der Waals surface area contributed by atoms with Crippen LogP contribution < -0.4 is 21.4 Å². The van der Waals surface area contributed by atoms with E-state index < -0.39 is 0 Å². The summed E-state index contributed by atoms with van der Waals surface area (Å²) in [6.45, 7) is 9.03. The maximum Gasteiger partial charge on any atom is 0.274 e. The number of hydrogen-bond donors (Lipinski definition) is 4. The summed E-state index contributed by atoms with van der Waals surface area (Å²) in [7, 11) is 3.09. The summed E-state index contributed by atoms with van der Waals surface area (Å²) in [5, 5.41) is 19.1. The van der Waals surface area contributed by atoms with Gasteiger partial charge in [0.15, 0.2) is 11.6 Å². The van der Waals surface area contributed by atoms with Crippen LogP contribution in [0.5, 0.6) is 0 Å². The number of hydrogen-bond acceptors (Lipinski definition) is 8. The molecule has 1 amide bonds. The lowest BCUT2D eigenvalue weighted by Crippen LogP contribution is -2.21. The van der Waals surface area contributed by atoms with Gasteiger partial charge in [0, 0.05) is 24.8 Å². The van der Waals surface area contributed by atoms with Gasteiger partial charge < -0.3 is 16.0 Å². The third-order valence-corrected chi connectivity index (χ3v) is 4.36. The van der Waals surface area contributed by atoms with E-state index in [-0.39, 0.29) is 11.3 Å². The van der Waals surface area contributed by atoms with Crippen LogP contribution in [0.15, 0.2) is 18.2 Å². The molecule has 0 saturated carbocycles. The quantitative estimate of drug-likeness (QED) is 0.486. The van der Waals surface area contributed by atoms with Crippen LogP contribution >= 0.6 is 0 Å². The Hall–Kier alpha value is -3.38. The Balaban J connectivity index is 2.39. The molecule has 1 aromatic heterocycles. The molecule has 0 fully saturated rings. The average molecular weight is 412 g/mol. The molecule has 2 rings (SSSR count). The fourth-order valence-electron chi connectivity index (χ4n) is 2.63. The number of aryl methyl sites for hydroxylation is 1. The molecule has 0 radical (unpaired) electrons. The highest BCUT2D eigenvalue weighted by molar-refractivity contribution is 5.95. The van der Waals surface area contributed by atoms with Crippen molar-refractivity contribution in [2.24, 2.45) is 5.41 Å². The maximum atomic E-state index is 12.1. The molecule has 9 heteroatoms. The number of amides is 1. The summed E-state index contributed by atoms with van der Waals surface area (Å²) in [6, 6.07) is 7.36. The van der Waals surface area contributed by atoms with E-state index in [1.165, 1.54) is 7.11 Å².